The third-order valence-electron chi connectivity index (χ3n) is 5.86. The Balaban J connectivity index is 1.21. The van der Waals surface area contributed by atoms with Crippen molar-refractivity contribution in [2.45, 2.75) is 5.92 Å². The second kappa shape index (κ2) is 9.20. The Labute approximate surface area is 200 Å². The highest BCUT2D eigenvalue weighted by atomic mass is 16.5. The van der Waals surface area contributed by atoms with Gasteiger partial charge in [0.2, 0.25) is 0 Å². The van der Waals surface area contributed by atoms with E-state index in [9.17, 15) is 14.4 Å². The van der Waals surface area contributed by atoms with Crippen LogP contribution in [0.3, 0.4) is 0 Å². The largest absolute Gasteiger partial charge is 0.477 e. The number of fused-ring (bicyclic) bond motifs is 4. The number of carboxylic acid groups (broad SMARTS) is 1. The minimum absolute atomic E-state index is 0.0208. The average molecular weight is 465 g/mol. The lowest BCUT2D eigenvalue weighted by atomic mass is 9.98. The van der Waals surface area contributed by atoms with Gasteiger partial charge in [-0.05, 0) is 46.5 Å². The molecule has 1 amide bonds. The molecule has 0 bridgehead atoms. The Morgan fingerprint density at radius 1 is 0.971 bits per heavy atom. The van der Waals surface area contributed by atoms with Gasteiger partial charge in [-0.25, -0.2) is 14.4 Å². The molecule has 2 N–H and O–H groups in total. The Kier molecular flexibility index (Phi) is 5.78. The molecule has 0 radical (unpaired) electrons. The first-order chi connectivity index (χ1) is 17.0. The summed E-state index contributed by atoms with van der Waals surface area (Å²) in [7, 11) is 0. The second-order valence-corrected chi connectivity index (χ2v) is 7.99. The Morgan fingerprint density at radius 2 is 1.66 bits per heavy atom. The van der Waals surface area contributed by atoms with Crippen molar-refractivity contribution < 1.29 is 23.8 Å². The Hall–Kier alpha value is -4.83. The molecule has 0 fully saturated rings. The van der Waals surface area contributed by atoms with E-state index in [1.54, 1.807) is 18.2 Å². The van der Waals surface area contributed by atoms with Crippen molar-refractivity contribution in [2.75, 3.05) is 13.2 Å². The van der Waals surface area contributed by atoms with Gasteiger partial charge in [0.1, 0.15) is 17.8 Å². The molecule has 35 heavy (non-hydrogen) atoms. The molecule has 7 nitrogen and oxygen atoms in total. The Bertz CT molecular complexity index is 1550. The lowest BCUT2D eigenvalue weighted by molar-refractivity contribution is 0.0692. The fraction of sp³-hybridized carbons (Fsp3) is 0.107. The predicted molar refractivity (Wildman–Crippen MR) is 129 cm³/mol. The quantitative estimate of drug-likeness (QED) is 0.342. The highest BCUT2D eigenvalue weighted by Crippen LogP contribution is 2.44. The van der Waals surface area contributed by atoms with Gasteiger partial charge in [0.15, 0.2) is 0 Å². The van der Waals surface area contributed by atoms with Crippen LogP contribution < -0.4 is 10.9 Å². The third kappa shape index (κ3) is 4.37. The molecule has 1 aliphatic rings. The average Bonchev–Trinajstić information content (AvgIpc) is 3.18. The number of amides is 1. The van der Waals surface area contributed by atoms with Gasteiger partial charge in [0.05, 0.1) is 6.54 Å². The molecule has 0 saturated carbocycles. The number of aromatic carboxylic acids is 1. The summed E-state index contributed by atoms with van der Waals surface area (Å²) in [6, 6.07) is 22.3. The first kappa shape index (κ1) is 22.0. The van der Waals surface area contributed by atoms with Crippen molar-refractivity contribution in [3.8, 4) is 23.0 Å². The van der Waals surface area contributed by atoms with Crippen LogP contribution in [0.15, 0.2) is 82.0 Å². The molecule has 3 aromatic carbocycles. The SMILES string of the molecule is O=C(NCC#Cc1ccc2oc(=O)c(C(=O)O)cc2c1)OCC1c2ccccc2-c2ccccc21. The topological polar surface area (TPSA) is 106 Å². The van der Waals surface area contributed by atoms with E-state index in [1.165, 1.54) is 6.07 Å². The number of benzene rings is 3. The van der Waals surface area contributed by atoms with Crippen LogP contribution in [0, 0.1) is 11.8 Å². The summed E-state index contributed by atoms with van der Waals surface area (Å²) in [5, 5.41) is 12.2. The van der Waals surface area contributed by atoms with Crippen molar-refractivity contribution in [1.82, 2.24) is 5.32 Å². The predicted octanol–water partition coefficient (Wildman–Crippen LogP) is 4.38. The molecule has 0 unspecified atom stereocenters. The number of rotatable bonds is 4. The lowest BCUT2D eigenvalue weighted by Gasteiger charge is -2.14. The smallest absolute Gasteiger partial charge is 0.407 e. The van der Waals surface area contributed by atoms with E-state index in [4.69, 9.17) is 14.3 Å². The molecule has 7 heteroatoms. The van der Waals surface area contributed by atoms with Gasteiger partial charge in [-0.15, -0.1) is 0 Å². The third-order valence-corrected chi connectivity index (χ3v) is 5.86. The number of carboxylic acids is 1. The molecule has 0 aliphatic heterocycles. The van der Waals surface area contributed by atoms with Crippen molar-refractivity contribution in [3.63, 3.8) is 0 Å². The van der Waals surface area contributed by atoms with Crippen molar-refractivity contribution in [2.24, 2.45) is 0 Å². The molecular weight excluding hydrogens is 446 g/mol. The zero-order valence-corrected chi connectivity index (χ0v) is 18.4. The molecule has 0 atom stereocenters. The summed E-state index contributed by atoms with van der Waals surface area (Å²) in [5.74, 6) is 4.35. The van der Waals surface area contributed by atoms with Crippen LogP contribution in [0.5, 0.6) is 0 Å². The van der Waals surface area contributed by atoms with Crippen LogP contribution >= 0.6 is 0 Å². The van der Waals surface area contributed by atoms with Crippen LogP contribution in [0.2, 0.25) is 0 Å². The van der Waals surface area contributed by atoms with Crippen LogP contribution in [0.25, 0.3) is 22.1 Å². The molecule has 0 saturated heterocycles. The summed E-state index contributed by atoms with van der Waals surface area (Å²) >= 11 is 0. The highest BCUT2D eigenvalue weighted by molar-refractivity contribution is 5.91. The number of carbonyl (C=O) groups is 2. The van der Waals surface area contributed by atoms with Gasteiger partial charge in [0.25, 0.3) is 0 Å². The molecule has 1 heterocycles. The summed E-state index contributed by atoms with van der Waals surface area (Å²) < 4.78 is 10.5. The first-order valence-electron chi connectivity index (χ1n) is 10.9. The van der Waals surface area contributed by atoms with Gasteiger partial charge in [0, 0.05) is 16.9 Å². The number of alkyl carbamates (subject to hydrolysis) is 1. The minimum Gasteiger partial charge on any atom is -0.477 e. The summed E-state index contributed by atoms with van der Waals surface area (Å²) in [6.45, 7) is 0.286. The fourth-order valence-corrected chi connectivity index (χ4v) is 4.26. The molecule has 0 spiro atoms. The summed E-state index contributed by atoms with van der Waals surface area (Å²) in [5.41, 5.74) is 4.09. The standard InChI is InChI=1S/C28H19NO6/c30-26(31)23-15-18-14-17(11-12-25(18)35-27(23)32)6-5-13-29-28(33)34-16-24-21-9-3-1-7-19(21)20-8-2-4-10-22(20)24/h1-4,7-12,14-15,24H,13,16H2,(H,29,33)(H,30,31). The normalized spacial score (nSPS) is 11.8. The fourth-order valence-electron chi connectivity index (χ4n) is 4.26. The van der Waals surface area contributed by atoms with Crippen LogP contribution in [0.1, 0.15) is 33.0 Å². The highest BCUT2D eigenvalue weighted by Gasteiger charge is 2.28. The Morgan fingerprint density at radius 3 is 2.34 bits per heavy atom. The molecule has 172 valence electrons. The second-order valence-electron chi connectivity index (χ2n) is 7.99. The van der Waals surface area contributed by atoms with Gasteiger partial charge in [-0.2, -0.15) is 0 Å². The van der Waals surface area contributed by atoms with Gasteiger partial charge >= 0.3 is 17.7 Å². The molecule has 1 aromatic heterocycles. The van der Waals surface area contributed by atoms with Crippen molar-refractivity contribution >= 4 is 23.0 Å². The number of nitrogens with one attached hydrogen (secondary N) is 1. The molecular formula is C28H19NO6. The maximum absolute atomic E-state index is 12.2. The van der Waals surface area contributed by atoms with E-state index in [2.05, 4.69) is 41.4 Å². The van der Waals surface area contributed by atoms with Crippen LogP contribution in [-0.4, -0.2) is 30.3 Å². The van der Waals surface area contributed by atoms with E-state index in [-0.39, 0.29) is 24.7 Å². The monoisotopic (exact) mass is 465 g/mol. The van der Waals surface area contributed by atoms with Gasteiger partial charge < -0.3 is 19.6 Å². The van der Waals surface area contributed by atoms with Crippen LogP contribution in [0.4, 0.5) is 4.79 Å². The summed E-state index contributed by atoms with van der Waals surface area (Å²) in [6.07, 6.45) is -0.562. The van der Waals surface area contributed by atoms with Gasteiger partial charge in [-0.1, -0.05) is 60.4 Å². The van der Waals surface area contributed by atoms with Crippen LogP contribution in [-0.2, 0) is 4.74 Å². The van der Waals surface area contributed by atoms with Crippen molar-refractivity contribution in [1.29, 1.82) is 0 Å². The number of ether oxygens (including phenoxy) is 1. The molecule has 4 aromatic rings. The molecule has 5 rings (SSSR count). The van der Waals surface area contributed by atoms with Crippen molar-refractivity contribution in [3.05, 3.63) is 105 Å². The van der Waals surface area contributed by atoms with E-state index in [1.807, 2.05) is 24.3 Å². The maximum atomic E-state index is 12.2. The lowest BCUT2D eigenvalue weighted by Crippen LogP contribution is -2.26. The maximum Gasteiger partial charge on any atom is 0.407 e. The minimum atomic E-state index is -1.36. The summed E-state index contributed by atoms with van der Waals surface area (Å²) in [4.78, 5) is 35.1. The van der Waals surface area contributed by atoms with E-state index in [0.29, 0.717) is 10.9 Å². The zero-order valence-electron chi connectivity index (χ0n) is 18.4. The zero-order chi connectivity index (χ0) is 24.4. The van der Waals surface area contributed by atoms with Gasteiger partial charge in [-0.3, -0.25) is 0 Å². The van der Waals surface area contributed by atoms with E-state index < -0.39 is 23.3 Å². The van der Waals surface area contributed by atoms with E-state index >= 15 is 0 Å². The first-order valence-corrected chi connectivity index (χ1v) is 10.9. The number of carbonyl (C=O) groups excluding carboxylic acids is 1. The number of hydrogen-bond donors (Lipinski definition) is 2. The number of hydrogen-bond acceptors (Lipinski definition) is 5. The molecule has 1 aliphatic carbocycles. The van der Waals surface area contributed by atoms with E-state index in [0.717, 1.165) is 22.3 Å².